The first-order valence-corrected chi connectivity index (χ1v) is 22.7. The van der Waals surface area contributed by atoms with E-state index in [0.29, 0.717) is 0 Å². The summed E-state index contributed by atoms with van der Waals surface area (Å²) in [6.07, 6.45) is 0. The predicted molar refractivity (Wildman–Crippen MR) is 280 cm³/mol. The summed E-state index contributed by atoms with van der Waals surface area (Å²) in [5.74, 6) is 0. The third-order valence-electron chi connectivity index (χ3n) is 12.9. The molecule has 0 aliphatic carbocycles. The minimum atomic E-state index is 1.06. The Balaban J connectivity index is 1.13. The Hall–Kier alpha value is -8.72. The van der Waals surface area contributed by atoms with Gasteiger partial charge in [-0.3, -0.25) is 0 Å². The number of hydrogen-bond acceptors (Lipinski definition) is 1. The molecule has 0 atom stereocenters. The Morgan fingerprint density at radius 1 is 0.258 bits per heavy atom. The fourth-order valence-electron chi connectivity index (χ4n) is 9.78. The molecule has 0 aliphatic heterocycles. The van der Waals surface area contributed by atoms with E-state index in [-0.39, 0.29) is 0 Å². The summed E-state index contributed by atoms with van der Waals surface area (Å²) in [5, 5.41) is 4.92. The molecular weight excluding hydrogens is 797 g/mol. The van der Waals surface area contributed by atoms with Crippen molar-refractivity contribution < 1.29 is 0 Å². The molecule has 0 aliphatic rings. The zero-order valence-electron chi connectivity index (χ0n) is 36.3. The predicted octanol–water partition coefficient (Wildman–Crippen LogP) is 17.7. The highest BCUT2D eigenvalue weighted by atomic mass is 15.1. The summed E-state index contributed by atoms with van der Waals surface area (Å²) in [6, 6.07) is 97.2. The minimum absolute atomic E-state index is 1.06. The maximum Gasteiger partial charge on any atom is 0.0547 e. The highest BCUT2D eigenvalue weighted by molar-refractivity contribution is 6.18. The first-order valence-electron chi connectivity index (χ1n) is 22.7. The van der Waals surface area contributed by atoms with E-state index in [1.807, 2.05) is 0 Å². The van der Waals surface area contributed by atoms with Gasteiger partial charge < -0.3 is 9.47 Å². The largest absolute Gasteiger partial charge is 0.310 e. The normalized spacial score (nSPS) is 11.3. The van der Waals surface area contributed by atoms with Crippen LogP contribution in [-0.4, -0.2) is 4.57 Å². The maximum atomic E-state index is 2.46. The number of anilines is 3. The van der Waals surface area contributed by atoms with Crippen LogP contribution in [0, 0.1) is 0 Å². The molecule has 12 rings (SSSR count). The van der Waals surface area contributed by atoms with Crippen molar-refractivity contribution in [3.05, 3.63) is 267 Å². The van der Waals surface area contributed by atoms with Gasteiger partial charge in [0.1, 0.15) is 0 Å². The van der Waals surface area contributed by atoms with E-state index in [1.54, 1.807) is 0 Å². The summed E-state index contributed by atoms with van der Waals surface area (Å²) in [5.41, 5.74) is 18.3. The maximum absolute atomic E-state index is 2.46. The van der Waals surface area contributed by atoms with Crippen LogP contribution >= 0.6 is 0 Å². The average Bonchev–Trinajstić information content (AvgIpc) is 3.72. The van der Waals surface area contributed by atoms with Crippen LogP contribution in [0.5, 0.6) is 0 Å². The molecule has 2 nitrogen and oxygen atoms in total. The van der Waals surface area contributed by atoms with Crippen LogP contribution in [0.2, 0.25) is 0 Å². The molecule has 0 radical (unpaired) electrons. The first kappa shape index (κ1) is 38.9. The van der Waals surface area contributed by atoms with E-state index < -0.39 is 0 Å². The van der Waals surface area contributed by atoms with Crippen LogP contribution in [0.3, 0.4) is 0 Å². The van der Waals surface area contributed by atoms with E-state index >= 15 is 0 Å². The summed E-state index contributed by atoms with van der Waals surface area (Å²) in [4.78, 5) is 2.46. The molecule has 11 aromatic carbocycles. The second-order valence-corrected chi connectivity index (χ2v) is 17.0. The molecule has 66 heavy (non-hydrogen) atoms. The van der Waals surface area contributed by atoms with E-state index in [4.69, 9.17) is 0 Å². The fourth-order valence-corrected chi connectivity index (χ4v) is 9.78. The Morgan fingerprint density at radius 2 is 0.667 bits per heavy atom. The van der Waals surface area contributed by atoms with Gasteiger partial charge in [0.2, 0.25) is 0 Å². The smallest absolute Gasteiger partial charge is 0.0547 e. The van der Waals surface area contributed by atoms with E-state index in [2.05, 4.69) is 276 Å². The van der Waals surface area contributed by atoms with Crippen molar-refractivity contribution in [2.24, 2.45) is 0 Å². The second-order valence-electron chi connectivity index (χ2n) is 17.0. The lowest BCUT2D eigenvalue weighted by Crippen LogP contribution is -2.11. The Kier molecular flexibility index (Phi) is 9.89. The van der Waals surface area contributed by atoms with Crippen LogP contribution in [0.1, 0.15) is 0 Å². The zero-order chi connectivity index (χ0) is 43.8. The molecule has 1 aromatic heterocycles. The van der Waals surface area contributed by atoms with Gasteiger partial charge >= 0.3 is 0 Å². The van der Waals surface area contributed by atoms with Gasteiger partial charge in [-0.15, -0.1) is 0 Å². The lowest BCUT2D eigenvalue weighted by Gasteiger charge is -2.28. The average molecular weight is 841 g/mol. The van der Waals surface area contributed by atoms with Crippen LogP contribution in [0.4, 0.5) is 17.1 Å². The molecule has 310 valence electrons. The highest BCUT2D eigenvalue weighted by Gasteiger charge is 2.21. The molecular formula is C64H44N2. The molecule has 1 heterocycles. The number of benzene rings is 11. The molecule has 0 N–H and O–H groups in total. The van der Waals surface area contributed by atoms with Crippen LogP contribution in [-0.2, 0) is 0 Å². The van der Waals surface area contributed by atoms with Gasteiger partial charge in [-0.05, 0) is 145 Å². The minimum Gasteiger partial charge on any atom is -0.310 e. The Labute approximate surface area is 385 Å². The standard InChI is InChI=1S/C64H44N2/c1-6-20-45(21-7-1)52-36-53(46-22-8-2-9-23-46)40-58(39-52)65(59-41-54(47-24-10-3-11-25-47)37-55(42-59)48-26-12-4-13-27-48)57-33-18-30-51(38-57)60-34-19-35-62-64(60)61-43-49-28-16-17-29-50(49)44-63(61)66(62)56-31-14-5-15-32-56/h1-44H. The Morgan fingerprint density at radius 3 is 1.17 bits per heavy atom. The summed E-state index contributed by atoms with van der Waals surface area (Å²) in [6.45, 7) is 0. The van der Waals surface area contributed by atoms with Crippen molar-refractivity contribution in [3.63, 3.8) is 0 Å². The number of fused-ring (bicyclic) bond motifs is 4. The molecule has 0 unspecified atom stereocenters. The van der Waals surface area contributed by atoms with E-state index in [1.165, 1.54) is 60.4 Å². The van der Waals surface area contributed by atoms with Gasteiger partial charge in [0.25, 0.3) is 0 Å². The van der Waals surface area contributed by atoms with E-state index in [9.17, 15) is 0 Å². The number of rotatable bonds is 9. The van der Waals surface area contributed by atoms with Gasteiger partial charge in [-0.25, -0.2) is 0 Å². The Bertz CT molecular complexity index is 3430. The zero-order valence-corrected chi connectivity index (χ0v) is 36.3. The van der Waals surface area contributed by atoms with Gasteiger partial charge in [-0.2, -0.15) is 0 Å². The number of para-hydroxylation sites is 1. The lowest BCUT2D eigenvalue weighted by molar-refractivity contribution is 1.18. The highest BCUT2D eigenvalue weighted by Crippen LogP contribution is 2.45. The molecule has 0 spiro atoms. The molecule has 0 saturated carbocycles. The summed E-state index contributed by atoms with van der Waals surface area (Å²) in [7, 11) is 0. The van der Waals surface area contributed by atoms with Gasteiger partial charge in [0.15, 0.2) is 0 Å². The monoisotopic (exact) mass is 840 g/mol. The summed E-state index contributed by atoms with van der Waals surface area (Å²) >= 11 is 0. The number of hydrogen-bond donors (Lipinski definition) is 0. The molecule has 0 saturated heterocycles. The molecule has 2 heteroatoms. The van der Waals surface area contributed by atoms with Gasteiger partial charge in [0, 0.05) is 33.5 Å². The third-order valence-corrected chi connectivity index (χ3v) is 12.9. The van der Waals surface area contributed by atoms with Crippen molar-refractivity contribution in [3.8, 4) is 61.3 Å². The van der Waals surface area contributed by atoms with Crippen LogP contribution in [0.25, 0.3) is 93.9 Å². The molecule has 0 bridgehead atoms. The quantitative estimate of drug-likeness (QED) is 0.141. The molecule has 0 fully saturated rings. The number of aromatic nitrogens is 1. The van der Waals surface area contributed by atoms with Crippen molar-refractivity contribution >= 4 is 49.6 Å². The SMILES string of the molecule is c1ccc(-c2cc(-c3ccccc3)cc(N(c3cc(-c4ccccc4)cc(-c4ccccc4)c3)c3cccc(-c4cccc5c4c4cc6ccccc6cc4n5-c4ccccc4)c3)c2)cc1. The fraction of sp³-hybridized carbons (Fsp3) is 0. The number of nitrogens with zero attached hydrogens (tertiary/aromatic N) is 2. The van der Waals surface area contributed by atoms with Crippen molar-refractivity contribution in [2.75, 3.05) is 4.90 Å². The second kappa shape index (κ2) is 16.8. The first-order chi connectivity index (χ1) is 32.7. The third kappa shape index (κ3) is 7.21. The molecule has 0 amide bonds. The van der Waals surface area contributed by atoms with Gasteiger partial charge in [-0.1, -0.05) is 188 Å². The van der Waals surface area contributed by atoms with E-state index in [0.717, 1.165) is 50.6 Å². The van der Waals surface area contributed by atoms with Crippen LogP contribution in [0.15, 0.2) is 267 Å². The van der Waals surface area contributed by atoms with Crippen molar-refractivity contribution in [2.45, 2.75) is 0 Å². The lowest BCUT2D eigenvalue weighted by atomic mass is 9.95. The molecule has 12 aromatic rings. The topological polar surface area (TPSA) is 8.17 Å². The van der Waals surface area contributed by atoms with Crippen LogP contribution < -0.4 is 4.90 Å². The van der Waals surface area contributed by atoms with Gasteiger partial charge in [0.05, 0.1) is 11.0 Å². The summed E-state index contributed by atoms with van der Waals surface area (Å²) < 4.78 is 2.43. The van der Waals surface area contributed by atoms with Crippen molar-refractivity contribution in [1.29, 1.82) is 0 Å². The van der Waals surface area contributed by atoms with Crippen molar-refractivity contribution in [1.82, 2.24) is 4.57 Å².